The summed E-state index contributed by atoms with van der Waals surface area (Å²) in [5.74, 6) is 0.107. The quantitative estimate of drug-likeness (QED) is 0.737. The van der Waals surface area contributed by atoms with Crippen molar-refractivity contribution in [2.75, 3.05) is 6.61 Å². The molecule has 0 aliphatic rings. The Labute approximate surface area is 98.8 Å². The third kappa shape index (κ3) is 3.91. The van der Waals surface area contributed by atoms with Gasteiger partial charge in [-0.25, -0.2) is 4.98 Å². The van der Waals surface area contributed by atoms with Crippen molar-refractivity contribution < 1.29 is 17.9 Å². The molecule has 0 N–H and O–H groups in total. The van der Waals surface area contributed by atoms with Crippen molar-refractivity contribution >= 4 is 0 Å². The van der Waals surface area contributed by atoms with E-state index in [-0.39, 0.29) is 5.88 Å². The minimum absolute atomic E-state index is 0.107. The molecule has 0 amide bonds. The van der Waals surface area contributed by atoms with Crippen LogP contribution >= 0.6 is 0 Å². The van der Waals surface area contributed by atoms with E-state index >= 15 is 0 Å². The zero-order chi connectivity index (χ0) is 12.9. The van der Waals surface area contributed by atoms with E-state index in [9.17, 15) is 13.2 Å². The monoisotopic (exact) mass is 247 g/mol. The zero-order valence-electron chi connectivity index (χ0n) is 9.97. The van der Waals surface area contributed by atoms with Gasteiger partial charge in [0.05, 0.1) is 6.61 Å². The van der Waals surface area contributed by atoms with E-state index in [4.69, 9.17) is 4.74 Å². The average molecular weight is 247 g/mol. The van der Waals surface area contributed by atoms with E-state index in [2.05, 4.69) is 4.98 Å². The van der Waals surface area contributed by atoms with Gasteiger partial charge >= 0.3 is 6.18 Å². The predicted molar refractivity (Wildman–Crippen MR) is 59.0 cm³/mol. The van der Waals surface area contributed by atoms with Gasteiger partial charge in [0.2, 0.25) is 5.88 Å². The fourth-order valence-corrected chi connectivity index (χ4v) is 1.33. The highest BCUT2D eigenvalue weighted by Gasteiger charge is 2.33. The molecular weight excluding hydrogens is 231 g/mol. The second-order valence-corrected chi connectivity index (χ2v) is 3.71. The number of hydrogen-bond acceptors (Lipinski definition) is 2. The maximum Gasteiger partial charge on any atom is 0.433 e. The Morgan fingerprint density at radius 3 is 2.47 bits per heavy atom. The fourth-order valence-electron chi connectivity index (χ4n) is 1.33. The molecule has 0 aliphatic heterocycles. The number of rotatable bonds is 5. The van der Waals surface area contributed by atoms with Gasteiger partial charge in [-0.05, 0) is 18.9 Å². The Bertz CT molecular complexity index is 363. The van der Waals surface area contributed by atoms with Gasteiger partial charge < -0.3 is 4.74 Å². The van der Waals surface area contributed by atoms with Crippen molar-refractivity contribution in [3.63, 3.8) is 0 Å². The highest BCUT2D eigenvalue weighted by atomic mass is 19.4. The Balaban J connectivity index is 2.90. The highest BCUT2D eigenvalue weighted by molar-refractivity contribution is 5.29. The van der Waals surface area contributed by atoms with E-state index in [0.717, 1.165) is 18.9 Å². The minimum Gasteiger partial charge on any atom is -0.477 e. The second-order valence-electron chi connectivity index (χ2n) is 3.71. The molecule has 96 valence electrons. The summed E-state index contributed by atoms with van der Waals surface area (Å²) in [5, 5.41) is 0. The Morgan fingerprint density at radius 1 is 1.24 bits per heavy atom. The molecule has 5 heteroatoms. The number of alkyl halides is 3. The summed E-state index contributed by atoms with van der Waals surface area (Å²) in [6.07, 6.45) is -2.08. The first-order chi connectivity index (χ1) is 7.99. The molecule has 1 heterocycles. The van der Waals surface area contributed by atoms with Gasteiger partial charge in [-0.2, -0.15) is 13.2 Å². The summed E-state index contributed by atoms with van der Waals surface area (Å²) in [6, 6.07) is 2.42. The second kappa shape index (κ2) is 5.89. The van der Waals surface area contributed by atoms with Crippen LogP contribution in [0.5, 0.6) is 5.88 Å². The third-order valence-corrected chi connectivity index (χ3v) is 2.35. The molecule has 0 saturated carbocycles. The molecule has 0 fully saturated rings. The van der Waals surface area contributed by atoms with Crippen LogP contribution in [0.25, 0.3) is 0 Å². The number of aromatic nitrogens is 1. The number of pyridine rings is 1. The van der Waals surface area contributed by atoms with Gasteiger partial charge in [-0.15, -0.1) is 0 Å². The van der Waals surface area contributed by atoms with Crippen LogP contribution in [-0.2, 0) is 12.6 Å². The van der Waals surface area contributed by atoms with E-state index in [0.29, 0.717) is 18.6 Å². The molecule has 0 saturated heterocycles. The van der Waals surface area contributed by atoms with Crippen molar-refractivity contribution in [3.8, 4) is 5.88 Å². The van der Waals surface area contributed by atoms with Gasteiger partial charge in [0.15, 0.2) is 0 Å². The largest absolute Gasteiger partial charge is 0.477 e. The molecule has 0 aromatic carbocycles. The van der Waals surface area contributed by atoms with Crippen molar-refractivity contribution in [1.29, 1.82) is 0 Å². The first-order valence-corrected chi connectivity index (χ1v) is 5.69. The van der Waals surface area contributed by atoms with Crippen molar-refractivity contribution in [2.45, 2.75) is 39.3 Å². The molecule has 0 radical (unpaired) electrons. The number of hydrogen-bond donors (Lipinski definition) is 0. The first kappa shape index (κ1) is 13.8. The topological polar surface area (TPSA) is 22.1 Å². The van der Waals surface area contributed by atoms with Gasteiger partial charge in [-0.1, -0.05) is 26.3 Å². The van der Waals surface area contributed by atoms with Gasteiger partial charge in [0, 0.05) is 5.56 Å². The summed E-state index contributed by atoms with van der Waals surface area (Å²) in [5.41, 5.74) is -0.199. The summed E-state index contributed by atoms with van der Waals surface area (Å²) in [6.45, 7) is 4.25. The lowest BCUT2D eigenvalue weighted by molar-refractivity contribution is -0.141. The van der Waals surface area contributed by atoms with Gasteiger partial charge in [0.1, 0.15) is 5.69 Å². The molecule has 0 spiro atoms. The molecule has 0 unspecified atom stereocenters. The van der Waals surface area contributed by atoms with Crippen LogP contribution in [0.3, 0.4) is 0 Å². The number of ether oxygens (including phenoxy) is 1. The lowest BCUT2D eigenvalue weighted by Crippen LogP contribution is -2.10. The fraction of sp³-hybridized carbons (Fsp3) is 0.583. The SMILES string of the molecule is CCCCOc1nc(C(F)(F)F)ccc1CC. The van der Waals surface area contributed by atoms with Crippen LogP contribution in [0.1, 0.15) is 37.9 Å². The molecule has 2 nitrogen and oxygen atoms in total. The van der Waals surface area contributed by atoms with Crippen LogP contribution in [0.15, 0.2) is 12.1 Å². The van der Waals surface area contributed by atoms with Crippen LogP contribution in [0, 0.1) is 0 Å². The average Bonchev–Trinajstić information content (AvgIpc) is 2.28. The van der Waals surface area contributed by atoms with Crippen LogP contribution in [-0.4, -0.2) is 11.6 Å². The van der Waals surface area contributed by atoms with E-state index in [1.807, 2.05) is 13.8 Å². The molecule has 1 rings (SSSR count). The minimum atomic E-state index is -4.42. The van der Waals surface area contributed by atoms with E-state index < -0.39 is 11.9 Å². The molecule has 17 heavy (non-hydrogen) atoms. The first-order valence-electron chi connectivity index (χ1n) is 5.69. The molecular formula is C12H16F3NO. The highest BCUT2D eigenvalue weighted by Crippen LogP contribution is 2.30. The van der Waals surface area contributed by atoms with Crippen molar-refractivity contribution in [2.24, 2.45) is 0 Å². The van der Waals surface area contributed by atoms with E-state index in [1.54, 1.807) is 0 Å². The van der Waals surface area contributed by atoms with Gasteiger partial charge in [0.25, 0.3) is 0 Å². The van der Waals surface area contributed by atoms with E-state index in [1.165, 1.54) is 6.07 Å². The third-order valence-electron chi connectivity index (χ3n) is 2.35. The lowest BCUT2D eigenvalue weighted by Gasteiger charge is -2.12. The van der Waals surface area contributed by atoms with Crippen LogP contribution in [0.2, 0.25) is 0 Å². The zero-order valence-corrected chi connectivity index (χ0v) is 9.97. The maximum atomic E-state index is 12.5. The summed E-state index contributed by atoms with van der Waals surface area (Å²) in [4.78, 5) is 3.54. The predicted octanol–water partition coefficient (Wildman–Crippen LogP) is 3.84. The smallest absolute Gasteiger partial charge is 0.433 e. The number of halogens is 3. The van der Waals surface area contributed by atoms with Crippen molar-refractivity contribution in [1.82, 2.24) is 4.98 Å². The molecule has 1 aromatic rings. The van der Waals surface area contributed by atoms with Crippen LogP contribution in [0.4, 0.5) is 13.2 Å². The van der Waals surface area contributed by atoms with Gasteiger partial charge in [-0.3, -0.25) is 0 Å². The molecule has 0 bridgehead atoms. The number of aryl methyl sites for hydroxylation is 1. The standard InChI is InChI=1S/C12H16F3NO/c1-3-5-8-17-11-9(4-2)6-7-10(16-11)12(13,14)15/h6-7H,3-5,8H2,1-2H3. The Kier molecular flexibility index (Phi) is 4.78. The Hall–Kier alpha value is -1.26. The molecule has 1 aromatic heterocycles. The summed E-state index contributed by atoms with van der Waals surface area (Å²) >= 11 is 0. The van der Waals surface area contributed by atoms with Crippen LogP contribution < -0.4 is 4.74 Å². The molecule has 0 atom stereocenters. The summed E-state index contributed by atoms with van der Waals surface area (Å²) in [7, 11) is 0. The lowest BCUT2D eigenvalue weighted by atomic mass is 10.2. The summed E-state index contributed by atoms with van der Waals surface area (Å²) < 4.78 is 42.7. The molecule has 0 aliphatic carbocycles. The number of nitrogens with zero attached hydrogens (tertiary/aromatic N) is 1. The normalized spacial score (nSPS) is 11.6. The Morgan fingerprint density at radius 2 is 1.94 bits per heavy atom. The maximum absolute atomic E-state index is 12.5. The van der Waals surface area contributed by atoms with Crippen molar-refractivity contribution in [3.05, 3.63) is 23.4 Å². The number of unbranched alkanes of at least 4 members (excludes halogenated alkanes) is 1.